The molecule has 0 aliphatic carbocycles. The van der Waals surface area contributed by atoms with Crippen molar-refractivity contribution in [2.24, 2.45) is 0 Å². The monoisotopic (exact) mass is 292 g/mol. The van der Waals surface area contributed by atoms with Gasteiger partial charge in [-0.2, -0.15) is 11.3 Å². The predicted octanol–water partition coefficient (Wildman–Crippen LogP) is 3.31. The molecule has 0 fully saturated rings. The fourth-order valence-corrected chi connectivity index (χ4v) is 2.85. The van der Waals surface area contributed by atoms with Gasteiger partial charge in [-0.3, -0.25) is 4.79 Å². The maximum Gasteiger partial charge on any atom is 0.204 e. The summed E-state index contributed by atoms with van der Waals surface area (Å²) < 4.78 is 15.9. The van der Waals surface area contributed by atoms with E-state index in [0.29, 0.717) is 28.4 Å². The molecule has 2 aromatic rings. The first kappa shape index (κ1) is 14.4. The van der Waals surface area contributed by atoms with Crippen LogP contribution in [-0.4, -0.2) is 27.1 Å². The molecule has 0 spiro atoms. The van der Waals surface area contributed by atoms with Crippen molar-refractivity contribution in [1.82, 2.24) is 0 Å². The minimum absolute atomic E-state index is 0.0819. The Morgan fingerprint density at radius 1 is 0.950 bits per heavy atom. The highest BCUT2D eigenvalue weighted by Gasteiger charge is 2.22. The number of thiophene rings is 1. The largest absolute Gasteiger partial charge is 0.493 e. The number of methoxy groups -OCH3 is 3. The summed E-state index contributed by atoms with van der Waals surface area (Å²) in [5.41, 5.74) is 2.10. The fraction of sp³-hybridized carbons (Fsp3) is 0.267. The summed E-state index contributed by atoms with van der Waals surface area (Å²) in [7, 11) is 4.57. The molecule has 0 radical (unpaired) electrons. The Morgan fingerprint density at radius 3 is 2.15 bits per heavy atom. The molecule has 0 unspecified atom stereocenters. The second kappa shape index (κ2) is 5.96. The van der Waals surface area contributed by atoms with Crippen LogP contribution in [0.15, 0.2) is 22.9 Å². The second-order valence-electron chi connectivity index (χ2n) is 4.18. The first-order chi connectivity index (χ1) is 9.63. The standard InChI is InChI=1S/C15H16O4S/c1-9-7-20-8-11(9)13(16)10-5-6-12(17-2)15(19-4)14(10)18-3/h5-8H,1-4H3. The van der Waals surface area contributed by atoms with Crippen LogP contribution in [0.5, 0.6) is 17.2 Å². The number of benzene rings is 1. The third kappa shape index (κ3) is 2.36. The average molecular weight is 292 g/mol. The van der Waals surface area contributed by atoms with Crippen molar-refractivity contribution in [2.75, 3.05) is 21.3 Å². The van der Waals surface area contributed by atoms with E-state index in [1.54, 1.807) is 19.2 Å². The molecule has 0 saturated carbocycles. The smallest absolute Gasteiger partial charge is 0.204 e. The van der Waals surface area contributed by atoms with Crippen molar-refractivity contribution >= 4 is 17.1 Å². The number of carbonyl (C=O) groups excluding carboxylic acids is 1. The molecular formula is C15H16O4S. The molecule has 4 nitrogen and oxygen atoms in total. The van der Waals surface area contributed by atoms with Gasteiger partial charge < -0.3 is 14.2 Å². The molecule has 0 aliphatic rings. The molecule has 1 aromatic carbocycles. The number of ether oxygens (including phenoxy) is 3. The first-order valence-electron chi connectivity index (χ1n) is 6.00. The van der Waals surface area contributed by atoms with E-state index in [1.165, 1.54) is 25.6 Å². The summed E-state index contributed by atoms with van der Waals surface area (Å²) in [6, 6.07) is 3.40. The molecular weight excluding hydrogens is 276 g/mol. The minimum Gasteiger partial charge on any atom is -0.493 e. The van der Waals surface area contributed by atoms with Gasteiger partial charge in [-0.05, 0) is 30.0 Å². The number of hydrogen-bond acceptors (Lipinski definition) is 5. The third-order valence-corrected chi connectivity index (χ3v) is 3.91. The first-order valence-corrected chi connectivity index (χ1v) is 6.94. The molecule has 2 rings (SSSR count). The van der Waals surface area contributed by atoms with Crippen molar-refractivity contribution in [3.8, 4) is 17.2 Å². The number of rotatable bonds is 5. The molecule has 1 aromatic heterocycles. The highest BCUT2D eigenvalue weighted by molar-refractivity contribution is 7.08. The molecule has 1 heterocycles. The van der Waals surface area contributed by atoms with Crippen LogP contribution in [0.2, 0.25) is 0 Å². The highest BCUT2D eigenvalue weighted by Crippen LogP contribution is 2.40. The van der Waals surface area contributed by atoms with Gasteiger partial charge in [0.05, 0.1) is 26.9 Å². The van der Waals surface area contributed by atoms with Crippen LogP contribution >= 0.6 is 11.3 Å². The van der Waals surface area contributed by atoms with Crippen molar-refractivity contribution in [3.05, 3.63) is 39.6 Å². The van der Waals surface area contributed by atoms with Crippen LogP contribution < -0.4 is 14.2 Å². The summed E-state index contributed by atoms with van der Waals surface area (Å²) in [6.07, 6.45) is 0. The Balaban J connectivity index is 2.57. The van der Waals surface area contributed by atoms with Gasteiger partial charge in [-0.1, -0.05) is 0 Å². The maximum absolute atomic E-state index is 12.6. The van der Waals surface area contributed by atoms with Gasteiger partial charge in [0.2, 0.25) is 5.75 Å². The molecule has 0 atom stereocenters. The summed E-state index contributed by atoms with van der Waals surface area (Å²) >= 11 is 1.50. The van der Waals surface area contributed by atoms with Gasteiger partial charge in [-0.15, -0.1) is 0 Å². The third-order valence-electron chi connectivity index (χ3n) is 3.05. The molecule has 5 heteroatoms. The molecule has 106 valence electrons. The van der Waals surface area contributed by atoms with E-state index in [2.05, 4.69) is 0 Å². The summed E-state index contributed by atoms with van der Waals surface area (Å²) in [6.45, 7) is 1.91. The van der Waals surface area contributed by atoms with E-state index in [4.69, 9.17) is 14.2 Å². The lowest BCUT2D eigenvalue weighted by Gasteiger charge is -2.15. The molecule has 0 aliphatic heterocycles. The van der Waals surface area contributed by atoms with Gasteiger partial charge in [0.25, 0.3) is 0 Å². The van der Waals surface area contributed by atoms with Crippen LogP contribution in [0.3, 0.4) is 0 Å². The lowest BCUT2D eigenvalue weighted by Crippen LogP contribution is -2.06. The Bertz CT molecular complexity index is 631. The molecule has 0 amide bonds. The summed E-state index contributed by atoms with van der Waals surface area (Å²) in [4.78, 5) is 12.6. The zero-order valence-electron chi connectivity index (χ0n) is 11.9. The van der Waals surface area contributed by atoms with Gasteiger partial charge in [0, 0.05) is 10.9 Å². The number of carbonyl (C=O) groups is 1. The van der Waals surface area contributed by atoms with Crippen LogP contribution in [0.4, 0.5) is 0 Å². The second-order valence-corrected chi connectivity index (χ2v) is 4.92. The Labute approximate surface area is 121 Å². The van der Waals surface area contributed by atoms with Crippen molar-refractivity contribution < 1.29 is 19.0 Å². The quantitative estimate of drug-likeness (QED) is 0.793. The number of ketones is 1. The van der Waals surface area contributed by atoms with E-state index < -0.39 is 0 Å². The van der Waals surface area contributed by atoms with Gasteiger partial charge in [0.1, 0.15) is 0 Å². The molecule has 20 heavy (non-hydrogen) atoms. The zero-order valence-corrected chi connectivity index (χ0v) is 12.7. The van der Waals surface area contributed by atoms with E-state index in [1.807, 2.05) is 17.7 Å². The Hall–Kier alpha value is -2.01. The highest BCUT2D eigenvalue weighted by atomic mass is 32.1. The van der Waals surface area contributed by atoms with Crippen molar-refractivity contribution in [3.63, 3.8) is 0 Å². The Kier molecular flexibility index (Phi) is 4.29. The SMILES string of the molecule is COc1ccc(C(=O)c2cscc2C)c(OC)c1OC. The van der Waals surface area contributed by atoms with Gasteiger partial charge in [0.15, 0.2) is 17.3 Å². The zero-order chi connectivity index (χ0) is 14.7. The lowest BCUT2D eigenvalue weighted by atomic mass is 10.0. The minimum atomic E-state index is -0.0819. The lowest BCUT2D eigenvalue weighted by molar-refractivity contribution is 0.103. The van der Waals surface area contributed by atoms with E-state index in [0.717, 1.165) is 5.56 Å². The molecule has 0 N–H and O–H groups in total. The predicted molar refractivity (Wildman–Crippen MR) is 78.6 cm³/mol. The molecule has 0 saturated heterocycles. The summed E-state index contributed by atoms with van der Waals surface area (Å²) in [5.74, 6) is 1.26. The number of hydrogen-bond donors (Lipinski definition) is 0. The summed E-state index contributed by atoms with van der Waals surface area (Å²) in [5, 5.41) is 3.79. The van der Waals surface area contributed by atoms with Crippen molar-refractivity contribution in [2.45, 2.75) is 6.92 Å². The topological polar surface area (TPSA) is 44.8 Å². The van der Waals surface area contributed by atoms with E-state index in [9.17, 15) is 4.79 Å². The van der Waals surface area contributed by atoms with E-state index in [-0.39, 0.29) is 5.78 Å². The Morgan fingerprint density at radius 2 is 1.65 bits per heavy atom. The average Bonchev–Trinajstić information content (AvgIpc) is 2.90. The molecule has 0 bridgehead atoms. The van der Waals surface area contributed by atoms with Crippen LogP contribution in [0.25, 0.3) is 0 Å². The van der Waals surface area contributed by atoms with Crippen LogP contribution in [-0.2, 0) is 0 Å². The maximum atomic E-state index is 12.6. The number of aryl methyl sites for hydroxylation is 1. The van der Waals surface area contributed by atoms with Gasteiger partial charge in [-0.25, -0.2) is 0 Å². The van der Waals surface area contributed by atoms with Crippen LogP contribution in [0, 0.1) is 6.92 Å². The fourth-order valence-electron chi connectivity index (χ4n) is 2.02. The van der Waals surface area contributed by atoms with Crippen LogP contribution in [0.1, 0.15) is 21.5 Å². The van der Waals surface area contributed by atoms with Gasteiger partial charge >= 0.3 is 0 Å². The van der Waals surface area contributed by atoms with Crippen molar-refractivity contribution in [1.29, 1.82) is 0 Å². The normalized spacial score (nSPS) is 10.2. The van der Waals surface area contributed by atoms with E-state index >= 15 is 0 Å².